The molecule has 0 aromatic carbocycles. The third-order valence-electron chi connectivity index (χ3n) is 2.72. The molecule has 1 rings (SSSR count). The maximum atomic E-state index is 6.00. The van der Waals surface area contributed by atoms with Gasteiger partial charge in [-0.05, 0) is 27.3 Å². The molecule has 0 aliphatic carbocycles. The molecule has 3 nitrogen and oxygen atoms in total. The summed E-state index contributed by atoms with van der Waals surface area (Å²) in [6, 6.07) is 1.23. The molecule has 1 fully saturated rings. The van der Waals surface area contributed by atoms with Crippen molar-refractivity contribution in [2.75, 3.05) is 20.3 Å². The van der Waals surface area contributed by atoms with E-state index in [0.717, 1.165) is 19.6 Å². The molecule has 2 atom stereocenters. The van der Waals surface area contributed by atoms with E-state index in [1.54, 1.807) is 0 Å². The second-order valence-corrected chi connectivity index (χ2v) is 3.85. The van der Waals surface area contributed by atoms with Gasteiger partial charge in [0, 0.05) is 24.7 Å². The van der Waals surface area contributed by atoms with Crippen molar-refractivity contribution in [3.63, 3.8) is 0 Å². The van der Waals surface area contributed by atoms with Gasteiger partial charge in [-0.15, -0.1) is 0 Å². The maximum Gasteiger partial charge on any atom is 0.0636 e. The van der Waals surface area contributed by atoms with Crippen LogP contribution < -0.4 is 5.73 Å². The van der Waals surface area contributed by atoms with Gasteiger partial charge < -0.3 is 10.5 Å². The van der Waals surface area contributed by atoms with Gasteiger partial charge in [0.2, 0.25) is 0 Å². The van der Waals surface area contributed by atoms with E-state index >= 15 is 0 Å². The van der Waals surface area contributed by atoms with Gasteiger partial charge >= 0.3 is 0 Å². The summed E-state index contributed by atoms with van der Waals surface area (Å²) in [5.74, 6) is 0. The highest BCUT2D eigenvalue weighted by atomic mass is 16.5. The van der Waals surface area contributed by atoms with Gasteiger partial charge in [-0.3, -0.25) is 4.90 Å². The molecule has 0 aromatic heterocycles. The molecule has 0 radical (unpaired) electrons. The van der Waals surface area contributed by atoms with E-state index in [9.17, 15) is 0 Å². The highest BCUT2D eigenvalue weighted by Gasteiger charge is 2.27. The van der Waals surface area contributed by atoms with Gasteiger partial charge in [-0.1, -0.05) is 0 Å². The van der Waals surface area contributed by atoms with Crippen molar-refractivity contribution in [2.45, 2.75) is 38.4 Å². The first-order valence-electron chi connectivity index (χ1n) is 4.68. The lowest BCUT2D eigenvalue weighted by Crippen LogP contribution is -2.54. The van der Waals surface area contributed by atoms with E-state index in [1.165, 1.54) is 0 Å². The van der Waals surface area contributed by atoms with Crippen LogP contribution in [0, 0.1) is 0 Å². The molecular formula is C9H20N2O. The van der Waals surface area contributed by atoms with Gasteiger partial charge in [0.05, 0.1) is 6.61 Å². The molecule has 0 saturated carbocycles. The first kappa shape index (κ1) is 9.96. The molecule has 0 aromatic rings. The van der Waals surface area contributed by atoms with E-state index in [1.807, 2.05) is 0 Å². The molecule has 2 unspecified atom stereocenters. The van der Waals surface area contributed by atoms with Crippen LogP contribution in [0.3, 0.4) is 0 Å². The summed E-state index contributed by atoms with van der Waals surface area (Å²) in [5, 5.41) is 0. The molecular weight excluding hydrogens is 152 g/mol. The molecule has 3 heteroatoms. The number of nitrogens with zero attached hydrogens (tertiary/aromatic N) is 1. The largest absolute Gasteiger partial charge is 0.380 e. The van der Waals surface area contributed by atoms with Crippen LogP contribution in [0.25, 0.3) is 0 Å². The van der Waals surface area contributed by atoms with Crippen LogP contribution in [0.1, 0.15) is 20.3 Å². The summed E-state index contributed by atoms with van der Waals surface area (Å²) in [4.78, 5) is 2.30. The zero-order valence-electron chi connectivity index (χ0n) is 8.29. The fraction of sp³-hybridized carbons (Fsp3) is 1.00. The number of hydrogen-bond acceptors (Lipinski definition) is 3. The minimum absolute atomic E-state index is 0.283. The second kappa shape index (κ2) is 4.21. The summed E-state index contributed by atoms with van der Waals surface area (Å²) < 4.78 is 5.40. The van der Waals surface area contributed by atoms with Crippen molar-refractivity contribution in [3.8, 4) is 0 Å². The van der Waals surface area contributed by atoms with Crippen LogP contribution >= 0.6 is 0 Å². The minimum Gasteiger partial charge on any atom is -0.380 e. The Morgan fingerprint density at radius 2 is 2.17 bits per heavy atom. The first-order valence-corrected chi connectivity index (χ1v) is 4.68. The monoisotopic (exact) mass is 172 g/mol. The van der Waals surface area contributed by atoms with Crippen molar-refractivity contribution in [3.05, 3.63) is 0 Å². The fourth-order valence-electron chi connectivity index (χ4n) is 1.54. The highest BCUT2D eigenvalue weighted by molar-refractivity contribution is 4.84. The average molecular weight is 172 g/mol. The number of ether oxygens (including phenoxy) is 1. The van der Waals surface area contributed by atoms with Gasteiger partial charge in [-0.2, -0.15) is 0 Å². The Balaban J connectivity index is 2.47. The van der Waals surface area contributed by atoms with Gasteiger partial charge in [-0.25, -0.2) is 0 Å². The summed E-state index contributed by atoms with van der Waals surface area (Å²) in [6.45, 7) is 5.97. The zero-order chi connectivity index (χ0) is 9.14. The number of hydrogen-bond donors (Lipinski definition) is 1. The molecule has 1 aliphatic heterocycles. The predicted octanol–water partition coefficient (Wildman–Crippen LogP) is 0.443. The fourth-order valence-corrected chi connectivity index (χ4v) is 1.54. The topological polar surface area (TPSA) is 38.5 Å². The Morgan fingerprint density at radius 3 is 2.67 bits per heavy atom. The standard InChI is InChI=1S/C9H20N2O/c1-7(2)11(3)9-6-12-5-4-8(9)10/h7-9H,4-6,10H2,1-3H3. The minimum atomic E-state index is 0.283. The van der Waals surface area contributed by atoms with Crippen molar-refractivity contribution in [1.29, 1.82) is 0 Å². The number of rotatable bonds is 2. The Kier molecular flexibility index (Phi) is 3.50. The van der Waals surface area contributed by atoms with E-state index in [4.69, 9.17) is 10.5 Å². The summed E-state index contributed by atoms with van der Waals surface area (Å²) in [5.41, 5.74) is 6.00. The highest BCUT2D eigenvalue weighted by Crippen LogP contribution is 2.13. The number of likely N-dealkylation sites (N-methyl/N-ethyl adjacent to an activating group) is 1. The summed E-state index contributed by atoms with van der Waals surface area (Å²) in [7, 11) is 2.11. The molecule has 1 saturated heterocycles. The Hall–Kier alpha value is -0.120. The van der Waals surface area contributed by atoms with Crippen LogP contribution in [0.5, 0.6) is 0 Å². The predicted molar refractivity (Wildman–Crippen MR) is 50.1 cm³/mol. The van der Waals surface area contributed by atoms with Crippen LogP contribution in [0.15, 0.2) is 0 Å². The lowest BCUT2D eigenvalue weighted by molar-refractivity contribution is 0.00534. The summed E-state index contributed by atoms with van der Waals surface area (Å²) >= 11 is 0. The van der Waals surface area contributed by atoms with Gasteiger partial charge in [0.25, 0.3) is 0 Å². The molecule has 72 valence electrons. The van der Waals surface area contributed by atoms with Gasteiger partial charge in [0.15, 0.2) is 0 Å². The van der Waals surface area contributed by atoms with Crippen LogP contribution in [-0.4, -0.2) is 43.3 Å². The van der Waals surface area contributed by atoms with E-state index < -0.39 is 0 Å². The quantitative estimate of drug-likeness (QED) is 0.657. The lowest BCUT2D eigenvalue weighted by atomic mass is 10.0. The second-order valence-electron chi connectivity index (χ2n) is 3.85. The first-order chi connectivity index (χ1) is 5.63. The van der Waals surface area contributed by atoms with E-state index in [2.05, 4.69) is 25.8 Å². The van der Waals surface area contributed by atoms with Crippen LogP contribution in [-0.2, 0) is 4.74 Å². The molecule has 0 bridgehead atoms. The van der Waals surface area contributed by atoms with Crippen LogP contribution in [0.2, 0.25) is 0 Å². The summed E-state index contributed by atoms with van der Waals surface area (Å²) in [6.07, 6.45) is 0.988. The molecule has 0 amide bonds. The Labute approximate surface area is 74.9 Å². The van der Waals surface area contributed by atoms with E-state index in [-0.39, 0.29) is 6.04 Å². The normalized spacial score (nSPS) is 31.5. The molecule has 12 heavy (non-hydrogen) atoms. The maximum absolute atomic E-state index is 6.00. The smallest absolute Gasteiger partial charge is 0.0636 e. The molecule has 0 spiro atoms. The molecule has 2 N–H and O–H groups in total. The molecule has 1 aliphatic rings. The van der Waals surface area contributed by atoms with E-state index in [0.29, 0.717) is 12.1 Å². The SMILES string of the molecule is CC(C)N(C)C1COCCC1N. The van der Waals surface area contributed by atoms with Crippen molar-refractivity contribution >= 4 is 0 Å². The van der Waals surface area contributed by atoms with Crippen molar-refractivity contribution in [1.82, 2.24) is 4.90 Å². The van der Waals surface area contributed by atoms with Crippen LogP contribution in [0.4, 0.5) is 0 Å². The Morgan fingerprint density at radius 1 is 1.50 bits per heavy atom. The third-order valence-corrected chi connectivity index (χ3v) is 2.72. The van der Waals surface area contributed by atoms with Crippen molar-refractivity contribution in [2.24, 2.45) is 5.73 Å². The number of nitrogens with two attached hydrogens (primary N) is 1. The average Bonchev–Trinajstić information content (AvgIpc) is 2.04. The third kappa shape index (κ3) is 2.19. The zero-order valence-corrected chi connectivity index (χ0v) is 8.29. The lowest BCUT2D eigenvalue weighted by Gasteiger charge is -2.37. The van der Waals surface area contributed by atoms with Gasteiger partial charge in [0.1, 0.15) is 0 Å². The van der Waals surface area contributed by atoms with Crippen molar-refractivity contribution < 1.29 is 4.74 Å². The Bertz CT molecular complexity index is 138. The molecule has 1 heterocycles.